The van der Waals surface area contributed by atoms with Crippen LogP contribution in [0.5, 0.6) is 11.5 Å². The van der Waals surface area contributed by atoms with Crippen LogP contribution in [-0.2, 0) is 6.54 Å². The lowest BCUT2D eigenvalue weighted by Crippen LogP contribution is -2.54. The number of carbonyl (C=O) groups is 1. The predicted octanol–water partition coefficient (Wildman–Crippen LogP) is 0.0556. The molecule has 0 bridgehead atoms. The van der Waals surface area contributed by atoms with Crippen molar-refractivity contribution in [3.63, 3.8) is 0 Å². The second-order valence-corrected chi connectivity index (χ2v) is 5.36. The zero-order valence-electron chi connectivity index (χ0n) is 12.1. The van der Waals surface area contributed by atoms with Gasteiger partial charge in [0.25, 0.3) is 0 Å². The fourth-order valence-corrected chi connectivity index (χ4v) is 2.77. The molecule has 0 unspecified atom stereocenters. The smallest absolute Gasteiger partial charge is 0.407 e. The first-order chi connectivity index (χ1) is 10.6. The summed E-state index contributed by atoms with van der Waals surface area (Å²) in [6.07, 6.45) is 0.325. The number of nitrogens with one attached hydrogen (secondary N) is 1. The molecule has 1 amide bonds. The minimum Gasteiger partial charge on any atom is -0.486 e. The Morgan fingerprint density at radius 2 is 2.18 bits per heavy atom. The summed E-state index contributed by atoms with van der Waals surface area (Å²) in [5, 5.41) is 22.5. The third-order valence-electron chi connectivity index (χ3n) is 3.88. The largest absolute Gasteiger partial charge is 0.486 e. The first-order valence-corrected chi connectivity index (χ1v) is 7.28. The van der Waals surface area contributed by atoms with E-state index in [1.54, 1.807) is 12.3 Å². The number of aromatic nitrogens is 1. The van der Waals surface area contributed by atoms with Crippen LogP contribution < -0.4 is 14.8 Å². The lowest BCUT2D eigenvalue weighted by molar-refractivity contribution is 0.0273. The summed E-state index contributed by atoms with van der Waals surface area (Å²) in [4.78, 5) is 17.0. The molecule has 0 aliphatic carbocycles. The van der Waals surface area contributed by atoms with Gasteiger partial charge in [0.2, 0.25) is 0 Å². The minimum atomic E-state index is -1.07. The lowest BCUT2D eigenvalue weighted by atomic mass is 10.0. The number of β-amino-alcohol motifs (C(OH)–C–C–N with tert-alkyl or cyclic N) is 1. The molecule has 120 valence electrons. The highest BCUT2D eigenvalue weighted by atomic mass is 16.6. The van der Waals surface area contributed by atoms with Crippen molar-refractivity contribution in [2.75, 3.05) is 26.3 Å². The maximum Gasteiger partial charge on any atom is 0.407 e. The Bertz CT molecular complexity index is 553. The van der Waals surface area contributed by atoms with Gasteiger partial charge in [-0.25, -0.2) is 4.79 Å². The van der Waals surface area contributed by atoms with E-state index in [1.165, 1.54) is 4.90 Å². The number of rotatable bonds is 3. The van der Waals surface area contributed by atoms with Gasteiger partial charge in [-0.1, -0.05) is 0 Å². The molecule has 0 spiro atoms. The molecular formula is C14H19N3O5. The molecule has 2 aliphatic heterocycles. The van der Waals surface area contributed by atoms with E-state index in [-0.39, 0.29) is 6.54 Å². The van der Waals surface area contributed by atoms with Crippen molar-refractivity contribution < 1.29 is 24.5 Å². The van der Waals surface area contributed by atoms with E-state index in [1.807, 2.05) is 0 Å². The second-order valence-electron chi connectivity index (χ2n) is 5.36. The Labute approximate surface area is 127 Å². The molecule has 22 heavy (non-hydrogen) atoms. The molecule has 3 rings (SSSR count). The molecule has 8 nitrogen and oxygen atoms in total. The summed E-state index contributed by atoms with van der Waals surface area (Å²) >= 11 is 0. The lowest BCUT2D eigenvalue weighted by Gasteiger charge is -2.36. The van der Waals surface area contributed by atoms with Gasteiger partial charge in [0.05, 0.1) is 30.6 Å². The quantitative estimate of drug-likeness (QED) is 0.725. The fourth-order valence-electron chi connectivity index (χ4n) is 2.77. The van der Waals surface area contributed by atoms with Gasteiger partial charge in [-0.2, -0.15) is 0 Å². The number of amides is 1. The summed E-state index contributed by atoms with van der Waals surface area (Å²) in [6.45, 7) is 2.12. The molecule has 1 aromatic heterocycles. The number of pyridine rings is 1. The van der Waals surface area contributed by atoms with Gasteiger partial charge in [-0.3, -0.25) is 9.88 Å². The summed E-state index contributed by atoms with van der Waals surface area (Å²) in [5.74, 6) is 1.14. The van der Waals surface area contributed by atoms with Gasteiger partial charge in [-0.05, 0) is 13.0 Å². The van der Waals surface area contributed by atoms with E-state index in [4.69, 9.17) is 9.47 Å². The van der Waals surface area contributed by atoms with Crippen molar-refractivity contribution in [2.24, 2.45) is 0 Å². The van der Waals surface area contributed by atoms with Crippen LogP contribution in [0.1, 0.15) is 12.1 Å². The SMILES string of the molecule is O=C(O)N(Cc1cc2c(cn1)OCCO2)[C@@H]1CCNC[C@H]1O. The van der Waals surface area contributed by atoms with Gasteiger partial charge < -0.3 is 25.0 Å². The van der Waals surface area contributed by atoms with E-state index in [0.29, 0.717) is 49.9 Å². The van der Waals surface area contributed by atoms with E-state index < -0.39 is 18.2 Å². The molecule has 2 aliphatic rings. The van der Waals surface area contributed by atoms with Crippen molar-refractivity contribution in [1.29, 1.82) is 0 Å². The Morgan fingerprint density at radius 1 is 1.41 bits per heavy atom. The second kappa shape index (κ2) is 6.37. The molecule has 3 heterocycles. The topological polar surface area (TPSA) is 104 Å². The van der Waals surface area contributed by atoms with Crippen LogP contribution in [0, 0.1) is 0 Å². The number of aliphatic hydroxyl groups is 1. The average molecular weight is 309 g/mol. The van der Waals surface area contributed by atoms with E-state index in [9.17, 15) is 15.0 Å². The summed E-state index contributed by atoms with van der Waals surface area (Å²) in [7, 11) is 0. The molecule has 3 N–H and O–H groups in total. The number of hydrogen-bond donors (Lipinski definition) is 3. The molecule has 1 aromatic rings. The maximum atomic E-state index is 11.5. The first kappa shape index (κ1) is 14.9. The highest BCUT2D eigenvalue weighted by molar-refractivity contribution is 5.65. The number of hydrogen-bond acceptors (Lipinski definition) is 6. The number of ether oxygens (including phenoxy) is 2. The summed E-state index contributed by atoms with van der Waals surface area (Å²) < 4.78 is 10.9. The number of fused-ring (bicyclic) bond motifs is 1. The van der Waals surface area contributed by atoms with Crippen molar-refractivity contribution >= 4 is 6.09 Å². The zero-order chi connectivity index (χ0) is 15.5. The Morgan fingerprint density at radius 3 is 2.91 bits per heavy atom. The average Bonchev–Trinajstić information content (AvgIpc) is 2.53. The summed E-state index contributed by atoms with van der Waals surface area (Å²) in [6, 6.07) is 1.26. The van der Waals surface area contributed by atoms with E-state index in [2.05, 4.69) is 10.3 Å². The molecule has 2 atom stereocenters. The van der Waals surface area contributed by atoms with Gasteiger partial charge >= 0.3 is 6.09 Å². The zero-order valence-corrected chi connectivity index (χ0v) is 12.1. The van der Waals surface area contributed by atoms with Crippen LogP contribution in [0.4, 0.5) is 4.79 Å². The molecule has 0 saturated carbocycles. The number of aliphatic hydroxyl groups excluding tert-OH is 1. The summed E-state index contributed by atoms with van der Waals surface area (Å²) in [5.41, 5.74) is 0.567. The van der Waals surface area contributed by atoms with Crippen molar-refractivity contribution in [2.45, 2.75) is 25.1 Å². The van der Waals surface area contributed by atoms with E-state index in [0.717, 1.165) is 0 Å². The minimum absolute atomic E-state index is 0.105. The highest BCUT2D eigenvalue weighted by Gasteiger charge is 2.32. The number of nitrogens with zero attached hydrogens (tertiary/aromatic N) is 2. The predicted molar refractivity (Wildman–Crippen MR) is 76.1 cm³/mol. The molecule has 8 heteroatoms. The third-order valence-corrected chi connectivity index (χ3v) is 3.88. The van der Waals surface area contributed by atoms with Gasteiger partial charge in [0, 0.05) is 12.6 Å². The monoisotopic (exact) mass is 309 g/mol. The van der Waals surface area contributed by atoms with Crippen molar-refractivity contribution in [1.82, 2.24) is 15.2 Å². The normalized spacial score (nSPS) is 23.9. The van der Waals surface area contributed by atoms with Gasteiger partial charge in [-0.15, -0.1) is 0 Å². The van der Waals surface area contributed by atoms with Gasteiger partial charge in [0.1, 0.15) is 13.2 Å². The van der Waals surface area contributed by atoms with Crippen LogP contribution in [0.2, 0.25) is 0 Å². The molecule has 0 aromatic carbocycles. The van der Waals surface area contributed by atoms with E-state index >= 15 is 0 Å². The van der Waals surface area contributed by atoms with Crippen LogP contribution in [0.25, 0.3) is 0 Å². The number of piperidine rings is 1. The molecule has 1 saturated heterocycles. The third kappa shape index (κ3) is 3.07. The Balaban J connectivity index is 1.77. The number of carboxylic acid groups (broad SMARTS) is 1. The van der Waals surface area contributed by atoms with Crippen LogP contribution in [-0.4, -0.2) is 64.6 Å². The van der Waals surface area contributed by atoms with Crippen molar-refractivity contribution in [3.05, 3.63) is 18.0 Å². The maximum absolute atomic E-state index is 11.5. The fraction of sp³-hybridized carbons (Fsp3) is 0.571. The van der Waals surface area contributed by atoms with Crippen molar-refractivity contribution in [3.8, 4) is 11.5 Å². The molecule has 0 radical (unpaired) electrons. The highest BCUT2D eigenvalue weighted by Crippen LogP contribution is 2.30. The Kier molecular flexibility index (Phi) is 4.30. The van der Waals surface area contributed by atoms with Gasteiger partial charge in [0.15, 0.2) is 11.5 Å². The van der Waals surface area contributed by atoms with Crippen LogP contribution in [0.3, 0.4) is 0 Å². The molecular weight excluding hydrogens is 290 g/mol. The van der Waals surface area contributed by atoms with Crippen LogP contribution in [0.15, 0.2) is 12.3 Å². The first-order valence-electron chi connectivity index (χ1n) is 7.28. The standard InChI is InChI=1S/C14H19N3O5/c18-11-6-15-2-1-10(11)17(14(19)20)8-9-5-12-13(7-16-9)22-4-3-21-12/h5,7,10-11,15,18H,1-4,6,8H2,(H,19,20)/t10-,11-/m1/s1. The molecule has 1 fully saturated rings. The Hall–Kier alpha value is -2.06. The van der Waals surface area contributed by atoms with Crippen LogP contribution >= 0.6 is 0 Å².